The van der Waals surface area contributed by atoms with E-state index in [0.717, 1.165) is 6.42 Å². The number of rotatable bonds is 5. The van der Waals surface area contributed by atoms with Gasteiger partial charge in [-0.25, -0.2) is 13.1 Å². The van der Waals surface area contributed by atoms with Gasteiger partial charge in [0.1, 0.15) is 0 Å². The maximum Gasteiger partial charge on any atom is 0.241 e. The molecular weight excluding hydrogens is 334 g/mol. The number of sulfonamides is 1. The summed E-state index contributed by atoms with van der Waals surface area (Å²) in [6.07, 6.45) is 0.875. The molecule has 1 aromatic carbocycles. The Hall–Kier alpha value is -0.470. The van der Waals surface area contributed by atoms with E-state index in [0.29, 0.717) is 29.8 Å². The standard InChI is InChI=1S/C12H16BrNO4S/c13-11-2-1-9(7-15)5-12(11)19(16,17)14-6-10-3-4-18-8-10/h1-2,5,10,14-15H,3-4,6-8H2. The van der Waals surface area contributed by atoms with Gasteiger partial charge in [-0.05, 0) is 46.0 Å². The van der Waals surface area contributed by atoms with E-state index in [9.17, 15) is 8.42 Å². The molecule has 1 unspecified atom stereocenters. The van der Waals surface area contributed by atoms with E-state index in [1.807, 2.05) is 0 Å². The zero-order valence-electron chi connectivity index (χ0n) is 10.3. The monoisotopic (exact) mass is 349 g/mol. The molecule has 1 saturated heterocycles. The summed E-state index contributed by atoms with van der Waals surface area (Å²) in [5.41, 5.74) is 0.563. The molecule has 1 heterocycles. The summed E-state index contributed by atoms with van der Waals surface area (Å²) in [6, 6.07) is 4.77. The SMILES string of the molecule is O=S(=O)(NCC1CCOC1)c1cc(CO)ccc1Br. The van der Waals surface area contributed by atoms with Gasteiger partial charge in [-0.1, -0.05) is 6.07 Å². The second kappa shape index (κ2) is 6.32. The van der Waals surface area contributed by atoms with Crippen molar-refractivity contribution in [1.29, 1.82) is 0 Å². The molecule has 1 aromatic rings. The van der Waals surface area contributed by atoms with E-state index in [2.05, 4.69) is 20.7 Å². The Balaban J connectivity index is 2.13. The molecule has 1 fully saturated rings. The smallest absolute Gasteiger partial charge is 0.241 e. The van der Waals surface area contributed by atoms with Gasteiger partial charge < -0.3 is 9.84 Å². The van der Waals surface area contributed by atoms with Gasteiger partial charge in [0.05, 0.1) is 18.1 Å². The fourth-order valence-electron chi connectivity index (χ4n) is 1.90. The summed E-state index contributed by atoms with van der Waals surface area (Å²) < 4.78 is 32.7. The van der Waals surface area contributed by atoms with Crippen molar-refractivity contribution in [2.24, 2.45) is 5.92 Å². The van der Waals surface area contributed by atoms with Crippen LogP contribution in [-0.2, 0) is 21.4 Å². The van der Waals surface area contributed by atoms with Crippen molar-refractivity contribution in [3.63, 3.8) is 0 Å². The highest BCUT2D eigenvalue weighted by Gasteiger charge is 2.22. The van der Waals surface area contributed by atoms with E-state index in [4.69, 9.17) is 9.84 Å². The van der Waals surface area contributed by atoms with Crippen LogP contribution < -0.4 is 4.72 Å². The molecule has 0 radical (unpaired) electrons. The maximum absolute atomic E-state index is 12.2. The van der Waals surface area contributed by atoms with E-state index in [1.165, 1.54) is 6.07 Å². The fourth-order valence-corrected chi connectivity index (χ4v) is 4.03. The van der Waals surface area contributed by atoms with Gasteiger partial charge in [0, 0.05) is 17.6 Å². The van der Waals surface area contributed by atoms with Gasteiger partial charge in [-0.2, -0.15) is 0 Å². The Bertz CT molecular complexity index is 541. The Morgan fingerprint density at radius 1 is 1.47 bits per heavy atom. The summed E-state index contributed by atoms with van der Waals surface area (Å²) in [7, 11) is -3.57. The van der Waals surface area contributed by atoms with Crippen molar-refractivity contribution in [2.75, 3.05) is 19.8 Å². The molecule has 106 valence electrons. The van der Waals surface area contributed by atoms with Crippen molar-refractivity contribution >= 4 is 26.0 Å². The van der Waals surface area contributed by atoms with Crippen LogP contribution in [0, 0.1) is 5.92 Å². The Labute approximate surface area is 121 Å². The molecule has 5 nitrogen and oxygen atoms in total. The molecule has 0 aromatic heterocycles. The van der Waals surface area contributed by atoms with Crippen LogP contribution >= 0.6 is 15.9 Å². The number of aliphatic hydroxyl groups excluding tert-OH is 1. The summed E-state index contributed by atoms with van der Waals surface area (Å²) in [4.78, 5) is 0.151. The van der Waals surface area contributed by atoms with Crippen molar-refractivity contribution in [1.82, 2.24) is 4.72 Å². The first kappa shape index (κ1) is 14.9. The second-order valence-corrected chi connectivity index (χ2v) is 7.09. The topological polar surface area (TPSA) is 75.6 Å². The molecule has 7 heteroatoms. The van der Waals surface area contributed by atoms with Gasteiger partial charge in [0.15, 0.2) is 0 Å². The summed E-state index contributed by atoms with van der Waals surface area (Å²) in [5.74, 6) is 0.231. The van der Waals surface area contributed by atoms with E-state index in [1.54, 1.807) is 12.1 Å². The molecule has 1 atom stereocenters. The first-order valence-electron chi connectivity index (χ1n) is 5.99. The van der Waals surface area contributed by atoms with Crippen molar-refractivity contribution < 1.29 is 18.3 Å². The first-order chi connectivity index (χ1) is 9.03. The van der Waals surface area contributed by atoms with Crippen molar-refractivity contribution in [3.05, 3.63) is 28.2 Å². The number of hydrogen-bond acceptors (Lipinski definition) is 4. The molecule has 2 rings (SSSR count). The van der Waals surface area contributed by atoms with E-state index in [-0.39, 0.29) is 17.4 Å². The largest absolute Gasteiger partial charge is 0.392 e. The molecule has 1 aliphatic heterocycles. The molecule has 0 amide bonds. The average Bonchev–Trinajstić information content (AvgIpc) is 2.90. The van der Waals surface area contributed by atoms with Crippen LogP contribution in [0.25, 0.3) is 0 Å². The summed E-state index contributed by atoms with van der Waals surface area (Å²) in [6.45, 7) is 1.47. The molecule has 0 bridgehead atoms. The van der Waals surface area contributed by atoms with Crippen LogP contribution in [0.5, 0.6) is 0 Å². The molecule has 0 spiro atoms. The minimum absolute atomic E-state index is 0.151. The number of aliphatic hydroxyl groups is 1. The zero-order valence-corrected chi connectivity index (χ0v) is 12.7. The molecule has 2 N–H and O–H groups in total. The number of benzene rings is 1. The van der Waals surface area contributed by atoms with E-state index < -0.39 is 10.0 Å². The number of ether oxygens (including phenoxy) is 1. The third kappa shape index (κ3) is 3.76. The van der Waals surface area contributed by atoms with Gasteiger partial charge in [0.2, 0.25) is 10.0 Å². The van der Waals surface area contributed by atoms with Gasteiger partial charge in [0.25, 0.3) is 0 Å². The number of hydrogen-bond donors (Lipinski definition) is 2. The van der Waals surface area contributed by atoms with Crippen LogP contribution in [0.2, 0.25) is 0 Å². The lowest BCUT2D eigenvalue weighted by Gasteiger charge is -2.12. The van der Waals surface area contributed by atoms with Crippen LogP contribution in [0.15, 0.2) is 27.6 Å². The third-order valence-electron chi connectivity index (χ3n) is 3.05. The third-order valence-corrected chi connectivity index (χ3v) is 5.47. The highest BCUT2D eigenvalue weighted by atomic mass is 79.9. The predicted octanol–water partition coefficient (Wildman–Crippen LogP) is 1.26. The fraction of sp³-hybridized carbons (Fsp3) is 0.500. The Morgan fingerprint density at radius 2 is 2.26 bits per heavy atom. The lowest BCUT2D eigenvalue weighted by Crippen LogP contribution is -2.30. The first-order valence-corrected chi connectivity index (χ1v) is 8.27. The van der Waals surface area contributed by atoms with Crippen molar-refractivity contribution in [3.8, 4) is 0 Å². The number of nitrogens with one attached hydrogen (secondary N) is 1. The molecule has 1 aliphatic rings. The molecular formula is C12H16BrNO4S. The van der Waals surface area contributed by atoms with Crippen molar-refractivity contribution in [2.45, 2.75) is 17.9 Å². The van der Waals surface area contributed by atoms with Gasteiger partial charge in [-0.3, -0.25) is 0 Å². The predicted molar refractivity (Wildman–Crippen MR) is 74.2 cm³/mol. The van der Waals surface area contributed by atoms with Crippen LogP contribution in [0.1, 0.15) is 12.0 Å². The van der Waals surface area contributed by atoms with Crippen LogP contribution in [-0.4, -0.2) is 33.3 Å². The normalized spacial score (nSPS) is 19.8. The van der Waals surface area contributed by atoms with Gasteiger partial charge in [-0.15, -0.1) is 0 Å². The summed E-state index contributed by atoms with van der Waals surface area (Å²) in [5, 5.41) is 9.07. The van der Waals surface area contributed by atoms with E-state index >= 15 is 0 Å². The highest BCUT2D eigenvalue weighted by Crippen LogP contribution is 2.23. The Morgan fingerprint density at radius 3 is 2.89 bits per heavy atom. The second-order valence-electron chi connectivity index (χ2n) is 4.50. The average molecular weight is 350 g/mol. The highest BCUT2D eigenvalue weighted by molar-refractivity contribution is 9.10. The van der Waals surface area contributed by atoms with Crippen LogP contribution in [0.4, 0.5) is 0 Å². The summed E-state index contributed by atoms with van der Waals surface area (Å²) >= 11 is 3.22. The maximum atomic E-state index is 12.2. The van der Waals surface area contributed by atoms with Crippen LogP contribution in [0.3, 0.4) is 0 Å². The zero-order chi connectivity index (χ0) is 13.9. The van der Waals surface area contributed by atoms with Gasteiger partial charge >= 0.3 is 0 Å². The Kier molecular flexibility index (Phi) is 4.97. The minimum Gasteiger partial charge on any atom is -0.392 e. The molecule has 0 saturated carbocycles. The molecule has 19 heavy (non-hydrogen) atoms. The lowest BCUT2D eigenvalue weighted by molar-refractivity contribution is 0.186. The molecule has 0 aliphatic carbocycles. The lowest BCUT2D eigenvalue weighted by atomic mass is 10.1. The number of halogens is 1. The minimum atomic E-state index is -3.57. The quantitative estimate of drug-likeness (QED) is 0.838.